The lowest BCUT2D eigenvalue weighted by atomic mass is 10.0. The van der Waals surface area contributed by atoms with Crippen molar-refractivity contribution >= 4 is 16.7 Å². The number of benzene rings is 2. The number of fused-ring (bicyclic) bond motifs is 1. The molecule has 18 heavy (non-hydrogen) atoms. The summed E-state index contributed by atoms with van der Waals surface area (Å²) in [6.45, 7) is 0.739. The van der Waals surface area contributed by atoms with Gasteiger partial charge in [0.25, 0.3) is 0 Å². The molecule has 0 unspecified atom stereocenters. The van der Waals surface area contributed by atoms with Crippen LogP contribution in [-0.2, 0) is 11.2 Å². The number of hydrogen-bond acceptors (Lipinski definition) is 1. The molecule has 1 amide bonds. The van der Waals surface area contributed by atoms with Crippen molar-refractivity contribution in [2.45, 2.75) is 19.3 Å². The van der Waals surface area contributed by atoms with Crippen molar-refractivity contribution in [1.82, 2.24) is 5.32 Å². The van der Waals surface area contributed by atoms with E-state index in [4.69, 9.17) is 0 Å². The highest BCUT2D eigenvalue weighted by Crippen LogP contribution is 2.28. The normalized spacial score (nSPS) is 14.7. The average molecular weight is 239 g/mol. The first-order chi connectivity index (χ1) is 8.84. The maximum Gasteiger partial charge on any atom is 0.223 e. The first kappa shape index (κ1) is 11.3. The molecular weight excluding hydrogens is 222 g/mol. The molecule has 0 aromatic heterocycles. The molecule has 0 aliphatic heterocycles. The minimum Gasteiger partial charge on any atom is -0.356 e. The Labute approximate surface area is 107 Å². The molecule has 0 heterocycles. The lowest BCUT2D eigenvalue weighted by Crippen LogP contribution is -2.26. The van der Waals surface area contributed by atoms with Crippen molar-refractivity contribution in [2.24, 2.45) is 5.92 Å². The van der Waals surface area contributed by atoms with E-state index in [0.29, 0.717) is 5.92 Å². The van der Waals surface area contributed by atoms with E-state index in [1.165, 1.54) is 16.3 Å². The molecule has 2 aromatic rings. The SMILES string of the molecule is O=C(NCCc1cccc2ccccc12)C1CC1. The molecule has 0 bridgehead atoms. The number of amides is 1. The van der Waals surface area contributed by atoms with Gasteiger partial charge in [0.1, 0.15) is 0 Å². The summed E-state index contributed by atoms with van der Waals surface area (Å²) < 4.78 is 0. The summed E-state index contributed by atoms with van der Waals surface area (Å²) in [5.74, 6) is 0.535. The molecule has 1 saturated carbocycles. The molecule has 1 fully saturated rings. The zero-order valence-electron chi connectivity index (χ0n) is 10.4. The Morgan fingerprint density at radius 3 is 2.72 bits per heavy atom. The van der Waals surface area contributed by atoms with Gasteiger partial charge in [0.05, 0.1) is 0 Å². The van der Waals surface area contributed by atoms with Gasteiger partial charge in [-0.15, -0.1) is 0 Å². The Balaban J connectivity index is 1.68. The Morgan fingerprint density at radius 2 is 1.89 bits per heavy atom. The number of carbonyl (C=O) groups excluding carboxylic acids is 1. The second-order valence-electron chi connectivity index (χ2n) is 4.95. The first-order valence-corrected chi connectivity index (χ1v) is 6.59. The van der Waals surface area contributed by atoms with Gasteiger partial charge in [-0.1, -0.05) is 42.5 Å². The van der Waals surface area contributed by atoms with Crippen molar-refractivity contribution in [3.63, 3.8) is 0 Å². The number of rotatable bonds is 4. The summed E-state index contributed by atoms with van der Waals surface area (Å²) in [6.07, 6.45) is 3.04. The number of carbonyl (C=O) groups is 1. The summed E-state index contributed by atoms with van der Waals surface area (Å²) in [5, 5.41) is 5.58. The van der Waals surface area contributed by atoms with Crippen LogP contribution >= 0.6 is 0 Å². The first-order valence-electron chi connectivity index (χ1n) is 6.59. The van der Waals surface area contributed by atoms with Crippen LogP contribution in [0.2, 0.25) is 0 Å². The van der Waals surface area contributed by atoms with E-state index in [1.807, 2.05) is 0 Å². The van der Waals surface area contributed by atoms with Crippen LogP contribution in [0.15, 0.2) is 42.5 Å². The summed E-state index contributed by atoms with van der Waals surface area (Å²) in [6, 6.07) is 14.7. The fourth-order valence-electron chi connectivity index (χ4n) is 2.32. The van der Waals surface area contributed by atoms with Crippen molar-refractivity contribution in [3.8, 4) is 0 Å². The third-order valence-corrected chi connectivity index (χ3v) is 3.52. The summed E-state index contributed by atoms with van der Waals surface area (Å²) in [7, 11) is 0. The van der Waals surface area contributed by atoms with Gasteiger partial charge in [-0.2, -0.15) is 0 Å². The van der Waals surface area contributed by atoms with Gasteiger partial charge in [-0.05, 0) is 35.6 Å². The van der Waals surface area contributed by atoms with E-state index in [1.54, 1.807) is 0 Å². The summed E-state index contributed by atoms with van der Waals surface area (Å²) in [4.78, 5) is 11.5. The molecule has 0 saturated heterocycles. The molecular formula is C16H17NO. The second-order valence-corrected chi connectivity index (χ2v) is 4.95. The van der Waals surface area contributed by atoms with Crippen molar-refractivity contribution in [1.29, 1.82) is 0 Å². The van der Waals surface area contributed by atoms with Crippen LogP contribution in [-0.4, -0.2) is 12.5 Å². The van der Waals surface area contributed by atoms with Crippen LogP contribution in [0.4, 0.5) is 0 Å². The maximum absolute atomic E-state index is 11.5. The molecule has 92 valence electrons. The van der Waals surface area contributed by atoms with Gasteiger partial charge >= 0.3 is 0 Å². The van der Waals surface area contributed by atoms with Gasteiger partial charge in [-0.25, -0.2) is 0 Å². The maximum atomic E-state index is 11.5. The molecule has 0 atom stereocenters. The van der Waals surface area contributed by atoms with E-state index >= 15 is 0 Å². The zero-order valence-corrected chi connectivity index (χ0v) is 10.4. The second kappa shape index (κ2) is 4.81. The predicted molar refractivity (Wildman–Crippen MR) is 73.4 cm³/mol. The fraction of sp³-hybridized carbons (Fsp3) is 0.312. The number of hydrogen-bond donors (Lipinski definition) is 1. The van der Waals surface area contributed by atoms with Crippen molar-refractivity contribution < 1.29 is 4.79 Å². The lowest BCUT2D eigenvalue weighted by molar-refractivity contribution is -0.122. The van der Waals surface area contributed by atoms with Crippen LogP contribution in [0.3, 0.4) is 0 Å². The molecule has 0 spiro atoms. The molecule has 0 radical (unpaired) electrons. The molecule has 2 heteroatoms. The smallest absolute Gasteiger partial charge is 0.223 e. The predicted octanol–water partition coefficient (Wildman–Crippen LogP) is 2.91. The minimum atomic E-state index is 0.232. The molecule has 1 aliphatic carbocycles. The van der Waals surface area contributed by atoms with E-state index < -0.39 is 0 Å². The van der Waals surface area contributed by atoms with Crippen molar-refractivity contribution in [3.05, 3.63) is 48.0 Å². The molecule has 2 nitrogen and oxygen atoms in total. The third kappa shape index (κ3) is 2.37. The highest BCUT2D eigenvalue weighted by Gasteiger charge is 2.28. The molecule has 3 rings (SSSR count). The van der Waals surface area contributed by atoms with Crippen LogP contribution in [0, 0.1) is 5.92 Å². The standard InChI is InChI=1S/C16H17NO/c18-16(14-8-9-14)17-11-10-13-6-3-5-12-4-1-2-7-15(12)13/h1-7,14H,8-11H2,(H,17,18). The topological polar surface area (TPSA) is 29.1 Å². The van der Waals surface area contributed by atoms with Crippen LogP contribution in [0.25, 0.3) is 10.8 Å². The van der Waals surface area contributed by atoms with Crippen LogP contribution in [0.1, 0.15) is 18.4 Å². The zero-order chi connectivity index (χ0) is 12.4. The summed E-state index contributed by atoms with van der Waals surface area (Å²) in [5.41, 5.74) is 1.31. The Kier molecular flexibility index (Phi) is 3.01. The van der Waals surface area contributed by atoms with Crippen LogP contribution in [0.5, 0.6) is 0 Å². The fourth-order valence-corrected chi connectivity index (χ4v) is 2.32. The quantitative estimate of drug-likeness (QED) is 0.873. The van der Waals surface area contributed by atoms with Gasteiger partial charge in [0, 0.05) is 12.5 Å². The van der Waals surface area contributed by atoms with Gasteiger partial charge in [0.2, 0.25) is 5.91 Å². The number of nitrogens with one attached hydrogen (secondary N) is 1. The van der Waals surface area contributed by atoms with Gasteiger partial charge in [0.15, 0.2) is 0 Å². The average Bonchev–Trinajstić information content (AvgIpc) is 3.23. The van der Waals surface area contributed by atoms with Gasteiger partial charge in [-0.3, -0.25) is 4.79 Å². The van der Waals surface area contributed by atoms with Crippen molar-refractivity contribution in [2.75, 3.05) is 6.54 Å². The molecule has 1 aliphatic rings. The van der Waals surface area contributed by atoms with E-state index in [0.717, 1.165) is 25.8 Å². The molecule has 2 aromatic carbocycles. The largest absolute Gasteiger partial charge is 0.356 e. The Bertz CT molecular complexity index is 567. The Morgan fingerprint density at radius 1 is 1.11 bits per heavy atom. The van der Waals surface area contributed by atoms with Gasteiger partial charge < -0.3 is 5.32 Å². The third-order valence-electron chi connectivity index (χ3n) is 3.52. The van der Waals surface area contributed by atoms with E-state index in [9.17, 15) is 4.79 Å². The highest BCUT2D eigenvalue weighted by molar-refractivity contribution is 5.85. The van der Waals surface area contributed by atoms with E-state index in [-0.39, 0.29) is 5.91 Å². The minimum absolute atomic E-state index is 0.232. The highest BCUT2D eigenvalue weighted by atomic mass is 16.2. The Hall–Kier alpha value is -1.83. The van der Waals surface area contributed by atoms with E-state index in [2.05, 4.69) is 47.8 Å². The monoisotopic (exact) mass is 239 g/mol. The van der Waals surface area contributed by atoms with Crippen LogP contribution < -0.4 is 5.32 Å². The lowest BCUT2D eigenvalue weighted by Gasteiger charge is -2.07. The summed E-state index contributed by atoms with van der Waals surface area (Å²) >= 11 is 0. The molecule has 1 N–H and O–H groups in total.